The molecule has 68 valence electrons. The first kappa shape index (κ1) is 8.55. The van der Waals surface area contributed by atoms with Crippen LogP contribution in [-0.2, 0) is 0 Å². The van der Waals surface area contributed by atoms with E-state index in [0.29, 0.717) is 5.92 Å². The zero-order valence-corrected chi connectivity index (χ0v) is 8.16. The second-order valence-corrected chi connectivity index (χ2v) is 3.88. The van der Waals surface area contributed by atoms with Crippen LogP contribution in [0, 0.1) is 5.92 Å². The standard InChI is InChI=1S/C13H16/c1-11-6-5-9-13(10-11)12-7-3-2-4-8-12/h3,5,7-11H,2,4,6H2,1H3. The van der Waals surface area contributed by atoms with Gasteiger partial charge in [-0.1, -0.05) is 43.4 Å². The second kappa shape index (κ2) is 3.78. The van der Waals surface area contributed by atoms with E-state index in [1.807, 2.05) is 0 Å². The van der Waals surface area contributed by atoms with Crippen LogP contribution in [-0.4, -0.2) is 0 Å². The zero-order chi connectivity index (χ0) is 9.10. The largest absolute Gasteiger partial charge is 0.0836 e. The van der Waals surface area contributed by atoms with E-state index >= 15 is 0 Å². The molecular formula is C13H16. The van der Waals surface area contributed by atoms with Crippen LogP contribution in [0.1, 0.15) is 26.2 Å². The van der Waals surface area contributed by atoms with Crippen LogP contribution in [0.2, 0.25) is 0 Å². The molecule has 0 heteroatoms. The lowest BCUT2D eigenvalue weighted by Gasteiger charge is -2.14. The highest BCUT2D eigenvalue weighted by atomic mass is 14.1. The Kier molecular flexibility index (Phi) is 2.49. The van der Waals surface area contributed by atoms with E-state index in [-0.39, 0.29) is 0 Å². The SMILES string of the molecule is CC1C=C(C2=CCCC=C2)C=CC1. The molecule has 0 amide bonds. The molecule has 0 saturated carbocycles. The van der Waals surface area contributed by atoms with Gasteiger partial charge in [0.2, 0.25) is 0 Å². The molecule has 13 heavy (non-hydrogen) atoms. The number of rotatable bonds is 1. The maximum atomic E-state index is 2.38. The molecule has 0 aliphatic heterocycles. The average Bonchev–Trinajstić information content (AvgIpc) is 2.19. The van der Waals surface area contributed by atoms with Crippen molar-refractivity contribution in [3.63, 3.8) is 0 Å². The molecule has 1 atom stereocenters. The molecule has 1 unspecified atom stereocenters. The molecule has 0 nitrogen and oxygen atoms in total. The molecular weight excluding hydrogens is 156 g/mol. The summed E-state index contributed by atoms with van der Waals surface area (Å²) >= 11 is 0. The molecule has 0 saturated heterocycles. The lowest BCUT2D eigenvalue weighted by molar-refractivity contribution is 0.730. The fourth-order valence-electron chi connectivity index (χ4n) is 1.86. The van der Waals surface area contributed by atoms with Crippen molar-refractivity contribution >= 4 is 0 Å². The van der Waals surface area contributed by atoms with Crippen molar-refractivity contribution in [3.8, 4) is 0 Å². The van der Waals surface area contributed by atoms with Gasteiger partial charge in [-0.2, -0.15) is 0 Å². The van der Waals surface area contributed by atoms with E-state index in [0.717, 1.165) is 0 Å². The Labute approximate surface area is 80.3 Å². The van der Waals surface area contributed by atoms with E-state index in [1.165, 1.54) is 30.4 Å². The first-order valence-electron chi connectivity index (χ1n) is 5.12. The van der Waals surface area contributed by atoms with Crippen LogP contribution < -0.4 is 0 Å². The minimum absolute atomic E-state index is 0.705. The van der Waals surface area contributed by atoms with Gasteiger partial charge < -0.3 is 0 Å². The van der Waals surface area contributed by atoms with Crippen molar-refractivity contribution in [3.05, 3.63) is 47.6 Å². The fourth-order valence-corrected chi connectivity index (χ4v) is 1.86. The average molecular weight is 172 g/mol. The smallest absolute Gasteiger partial charge is 0.0218 e. The van der Waals surface area contributed by atoms with Crippen LogP contribution >= 0.6 is 0 Å². The molecule has 0 aromatic heterocycles. The normalized spacial score (nSPS) is 27.0. The summed E-state index contributed by atoms with van der Waals surface area (Å²) < 4.78 is 0. The quantitative estimate of drug-likeness (QED) is 0.564. The van der Waals surface area contributed by atoms with Crippen LogP contribution in [0.25, 0.3) is 0 Å². The van der Waals surface area contributed by atoms with Crippen molar-refractivity contribution in [2.75, 3.05) is 0 Å². The van der Waals surface area contributed by atoms with E-state index in [1.54, 1.807) is 0 Å². The van der Waals surface area contributed by atoms with Crippen LogP contribution in [0.5, 0.6) is 0 Å². The summed E-state index contributed by atoms with van der Waals surface area (Å²) in [5, 5.41) is 0. The Morgan fingerprint density at radius 1 is 1.08 bits per heavy atom. The number of hydrogen-bond acceptors (Lipinski definition) is 0. The van der Waals surface area contributed by atoms with E-state index < -0.39 is 0 Å². The molecule has 0 aromatic rings. The summed E-state index contributed by atoms with van der Waals surface area (Å²) in [4.78, 5) is 0. The van der Waals surface area contributed by atoms with Crippen LogP contribution in [0.15, 0.2) is 47.6 Å². The maximum absolute atomic E-state index is 2.38. The first-order chi connectivity index (χ1) is 6.36. The highest BCUT2D eigenvalue weighted by Crippen LogP contribution is 2.25. The van der Waals surface area contributed by atoms with Gasteiger partial charge in [0.15, 0.2) is 0 Å². The lowest BCUT2D eigenvalue weighted by atomic mass is 9.91. The van der Waals surface area contributed by atoms with Crippen molar-refractivity contribution in [1.29, 1.82) is 0 Å². The third-order valence-corrected chi connectivity index (χ3v) is 2.60. The highest BCUT2D eigenvalue weighted by Gasteiger charge is 2.07. The fraction of sp³-hybridized carbons (Fsp3) is 0.385. The molecule has 0 N–H and O–H groups in total. The predicted octanol–water partition coefficient (Wildman–Crippen LogP) is 3.79. The third-order valence-electron chi connectivity index (χ3n) is 2.60. The minimum atomic E-state index is 0.705. The summed E-state index contributed by atoms with van der Waals surface area (Å²) in [6, 6.07) is 0. The molecule has 0 bridgehead atoms. The molecule has 0 heterocycles. The Morgan fingerprint density at radius 2 is 1.92 bits per heavy atom. The van der Waals surface area contributed by atoms with Crippen molar-refractivity contribution < 1.29 is 0 Å². The summed E-state index contributed by atoms with van der Waals surface area (Å²) in [6.07, 6.45) is 17.4. The maximum Gasteiger partial charge on any atom is -0.0218 e. The van der Waals surface area contributed by atoms with Crippen molar-refractivity contribution in [1.82, 2.24) is 0 Å². The Bertz CT molecular complexity index is 300. The molecule has 0 spiro atoms. The summed E-state index contributed by atoms with van der Waals surface area (Å²) in [5.41, 5.74) is 2.82. The molecule has 2 aliphatic carbocycles. The molecule has 2 aliphatic rings. The highest BCUT2D eigenvalue weighted by molar-refractivity contribution is 5.48. The second-order valence-electron chi connectivity index (χ2n) is 3.88. The number of allylic oxidation sites excluding steroid dienone is 8. The van der Waals surface area contributed by atoms with Gasteiger partial charge in [0.05, 0.1) is 0 Å². The third kappa shape index (κ3) is 2.00. The molecule has 2 rings (SSSR count). The number of hydrogen-bond donors (Lipinski definition) is 0. The minimum Gasteiger partial charge on any atom is -0.0836 e. The van der Waals surface area contributed by atoms with Gasteiger partial charge in [-0.3, -0.25) is 0 Å². The Morgan fingerprint density at radius 3 is 2.62 bits per heavy atom. The Hall–Kier alpha value is -1.04. The monoisotopic (exact) mass is 172 g/mol. The van der Waals surface area contributed by atoms with Gasteiger partial charge in [0.1, 0.15) is 0 Å². The zero-order valence-electron chi connectivity index (χ0n) is 8.16. The van der Waals surface area contributed by atoms with Crippen LogP contribution in [0.4, 0.5) is 0 Å². The molecule has 0 fully saturated rings. The van der Waals surface area contributed by atoms with Gasteiger partial charge in [-0.15, -0.1) is 0 Å². The summed E-state index contributed by atoms with van der Waals surface area (Å²) in [5.74, 6) is 0.705. The topological polar surface area (TPSA) is 0 Å². The molecule has 0 aromatic carbocycles. The van der Waals surface area contributed by atoms with Gasteiger partial charge in [0.25, 0.3) is 0 Å². The van der Waals surface area contributed by atoms with E-state index in [4.69, 9.17) is 0 Å². The first-order valence-corrected chi connectivity index (χ1v) is 5.12. The van der Waals surface area contributed by atoms with Gasteiger partial charge in [0, 0.05) is 0 Å². The van der Waals surface area contributed by atoms with Gasteiger partial charge in [-0.05, 0) is 36.3 Å². The van der Waals surface area contributed by atoms with Gasteiger partial charge in [-0.25, -0.2) is 0 Å². The summed E-state index contributed by atoms with van der Waals surface area (Å²) in [6.45, 7) is 2.27. The lowest BCUT2D eigenvalue weighted by Crippen LogP contribution is -1.97. The van der Waals surface area contributed by atoms with Crippen molar-refractivity contribution in [2.24, 2.45) is 5.92 Å². The summed E-state index contributed by atoms with van der Waals surface area (Å²) in [7, 11) is 0. The van der Waals surface area contributed by atoms with Crippen LogP contribution in [0.3, 0.4) is 0 Å². The van der Waals surface area contributed by atoms with Gasteiger partial charge >= 0.3 is 0 Å². The Balaban J connectivity index is 2.20. The van der Waals surface area contributed by atoms with E-state index in [2.05, 4.69) is 43.4 Å². The van der Waals surface area contributed by atoms with Crippen molar-refractivity contribution in [2.45, 2.75) is 26.2 Å². The molecule has 0 radical (unpaired) electrons. The van der Waals surface area contributed by atoms with E-state index in [9.17, 15) is 0 Å². The predicted molar refractivity (Wildman–Crippen MR) is 57.5 cm³/mol.